The van der Waals surface area contributed by atoms with Crippen molar-refractivity contribution >= 4 is 38.1 Å². The fourth-order valence-corrected chi connectivity index (χ4v) is 3.00. The minimum absolute atomic E-state index is 0.193. The second-order valence-electron chi connectivity index (χ2n) is 4.34. The summed E-state index contributed by atoms with van der Waals surface area (Å²) in [4.78, 5) is 15.2. The Morgan fingerprint density at radius 1 is 1.15 bits per heavy atom. The summed E-state index contributed by atoms with van der Waals surface area (Å²) in [5, 5.41) is 2.05. The van der Waals surface area contributed by atoms with Crippen LogP contribution in [0.4, 0.5) is 13.2 Å². The van der Waals surface area contributed by atoms with Gasteiger partial charge in [0.25, 0.3) is 0 Å². The van der Waals surface area contributed by atoms with E-state index >= 15 is 0 Å². The molecule has 0 atom stereocenters. The van der Waals surface area contributed by atoms with E-state index in [4.69, 9.17) is 0 Å². The lowest BCUT2D eigenvalue weighted by molar-refractivity contribution is -0.170. The zero-order valence-corrected chi connectivity index (χ0v) is 10.9. The fraction of sp³-hybridized carbons (Fsp3) is 0.143. The molecule has 0 aliphatic carbocycles. The van der Waals surface area contributed by atoms with Crippen molar-refractivity contribution in [3.8, 4) is 0 Å². The van der Waals surface area contributed by atoms with E-state index < -0.39 is 18.4 Å². The Labute approximate surface area is 115 Å². The molecular weight excluding hydrogens is 287 g/mol. The summed E-state index contributed by atoms with van der Waals surface area (Å²) in [6.45, 7) is 0. The summed E-state index contributed by atoms with van der Waals surface area (Å²) < 4.78 is 37.6. The molecule has 2 nitrogen and oxygen atoms in total. The van der Waals surface area contributed by atoms with Crippen LogP contribution in [0.5, 0.6) is 0 Å². The van der Waals surface area contributed by atoms with Gasteiger partial charge in [0.15, 0.2) is 0 Å². The molecule has 0 unspecified atom stereocenters. The normalized spacial score (nSPS) is 12.2. The van der Waals surface area contributed by atoms with Crippen molar-refractivity contribution in [1.82, 2.24) is 4.98 Å². The van der Waals surface area contributed by atoms with Gasteiger partial charge < -0.3 is 0 Å². The third-order valence-corrected chi connectivity index (χ3v) is 3.98. The molecule has 0 saturated carbocycles. The highest BCUT2D eigenvalue weighted by atomic mass is 32.1. The number of aromatic nitrogens is 1. The molecule has 0 aliphatic rings. The van der Waals surface area contributed by atoms with Gasteiger partial charge in [-0.2, -0.15) is 13.2 Å². The Morgan fingerprint density at radius 3 is 2.65 bits per heavy atom. The third-order valence-electron chi connectivity index (χ3n) is 2.96. The molecule has 0 bridgehead atoms. The standard InChI is InChI=1S/C14H8F3NOS/c15-14(16,17)11(19)7-12-18-13-9-4-2-1-3-8(9)5-6-10(13)20-12/h1-6H,7H2. The Bertz CT molecular complexity index is 807. The molecular formula is C14H8F3NOS. The van der Waals surface area contributed by atoms with Crippen LogP contribution in [0.25, 0.3) is 21.0 Å². The summed E-state index contributed by atoms with van der Waals surface area (Å²) in [6, 6.07) is 11.2. The average Bonchev–Trinajstić information content (AvgIpc) is 2.80. The number of halogens is 3. The molecule has 6 heteroatoms. The molecule has 102 valence electrons. The predicted octanol–water partition coefficient (Wildman–Crippen LogP) is 4.12. The Kier molecular flexibility index (Phi) is 2.97. The van der Waals surface area contributed by atoms with E-state index in [0.717, 1.165) is 26.8 Å². The molecule has 0 amide bonds. The van der Waals surface area contributed by atoms with Crippen LogP contribution in [0.15, 0.2) is 36.4 Å². The molecule has 2 aromatic carbocycles. The molecule has 0 N–H and O–H groups in total. The maximum absolute atomic E-state index is 12.3. The van der Waals surface area contributed by atoms with Gasteiger partial charge in [-0.1, -0.05) is 30.3 Å². The van der Waals surface area contributed by atoms with Gasteiger partial charge in [-0.25, -0.2) is 4.98 Å². The fourth-order valence-electron chi connectivity index (χ4n) is 2.02. The average molecular weight is 295 g/mol. The lowest BCUT2D eigenvalue weighted by Crippen LogP contribution is -2.24. The number of Topliss-reactive ketones (excluding diaryl/α,β-unsaturated/α-hetero) is 1. The molecule has 0 radical (unpaired) electrons. The van der Waals surface area contributed by atoms with E-state index in [0.29, 0.717) is 5.52 Å². The topological polar surface area (TPSA) is 30.0 Å². The van der Waals surface area contributed by atoms with Gasteiger partial charge in [-0.05, 0) is 11.5 Å². The van der Waals surface area contributed by atoms with Crippen molar-refractivity contribution in [2.45, 2.75) is 12.6 Å². The third kappa shape index (κ3) is 2.27. The van der Waals surface area contributed by atoms with Gasteiger partial charge in [-0.15, -0.1) is 11.3 Å². The predicted molar refractivity (Wildman–Crippen MR) is 71.9 cm³/mol. The number of carbonyl (C=O) groups is 1. The molecule has 0 spiro atoms. The zero-order chi connectivity index (χ0) is 14.3. The van der Waals surface area contributed by atoms with E-state index in [2.05, 4.69) is 4.98 Å². The first-order valence-corrected chi connectivity index (χ1v) is 6.64. The van der Waals surface area contributed by atoms with Gasteiger partial charge in [0.05, 0.1) is 16.6 Å². The second-order valence-corrected chi connectivity index (χ2v) is 5.45. The summed E-state index contributed by atoms with van der Waals surface area (Å²) in [5.74, 6) is -1.76. The number of ketones is 1. The van der Waals surface area contributed by atoms with Crippen molar-refractivity contribution in [2.75, 3.05) is 0 Å². The van der Waals surface area contributed by atoms with Crippen LogP contribution in [0.1, 0.15) is 5.01 Å². The zero-order valence-electron chi connectivity index (χ0n) is 10.1. The minimum atomic E-state index is -4.81. The smallest absolute Gasteiger partial charge is 0.289 e. The Hall–Kier alpha value is -1.95. The van der Waals surface area contributed by atoms with Crippen LogP contribution in [0.2, 0.25) is 0 Å². The number of benzene rings is 2. The molecule has 0 fully saturated rings. The molecule has 3 aromatic rings. The SMILES string of the molecule is O=C(Cc1nc2c(ccc3ccccc32)s1)C(F)(F)F. The number of fused-ring (bicyclic) bond motifs is 3. The number of thiazole rings is 1. The van der Waals surface area contributed by atoms with Crippen molar-refractivity contribution in [3.05, 3.63) is 41.4 Å². The lowest BCUT2D eigenvalue weighted by Gasteiger charge is -2.01. The van der Waals surface area contributed by atoms with Crippen LogP contribution in [-0.4, -0.2) is 16.9 Å². The van der Waals surface area contributed by atoms with Crippen LogP contribution in [-0.2, 0) is 11.2 Å². The Balaban J connectivity index is 2.07. The van der Waals surface area contributed by atoms with Crippen LogP contribution in [0, 0.1) is 0 Å². The highest BCUT2D eigenvalue weighted by Crippen LogP contribution is 2.30. The quantitative estimate of drug-likeness (QED) is 0.711. The number of hydrogen-bond donors (Lipinski definition) is 0. The van der Waals surface area contributed by atoms with E-state index in [-0.39, 0.29) is 5.01 Å². The van der Waals surface area contributed by atoms with Crippen LogP contribution >= 0.6 is 11.3 Å². The van der Waals surface area contributed by atoms with Crippen LogP contribution in [0.3, 0.4) is 0 Å². The van der Waals surface area contributed by atoms with Gasteiger partial charge in [-0.3, -0.25) is 4.79 Å². The molecule has 0 aliphatic heterocycles. The first kappa shape index (κ1) is 13.1. The molecule has 20 heavy (non-hydrogen) atoms. The molecule has 1 heterocycles. The lowest BCUT2D eigenvalue weighted by atomic mass is 10.1. The number of rotatable bonds is 2. The van der Waals surface area contributed by atoms with E-state index in [1.54, 1.807) is 0 Å². The highest BCUT2D eigenvalue weighted by molar-refractivity contribution is 7.18. The molecule has 3 rings (SSSR count). The van der Waals surface area contributed by atoms with E-state index in [1.165, 1.54) is 0 Å². The maximum atomic E-state index is 12.3. The van der Waals surface area contributed by atoms with Gasteiger partial charge in [0, 0.05) is 5.39 Å². The summed E-state index contributed by atoms with van der Waals surface area (Å²) in [5.41, 5.74) is 0.651. The first-order valence-electron chi connectivity index (χ1n) is 5.82. The van der Waals surface area contributed by atoms with Crippen molar-refractivity contribution in [1.29, 1.82) is 0 Å². The van der Waals surface area contributed by atoms with Gasteiger partial charge >= 0.3 is 6.18 Å². The summed E-state index contributed by atoms with van der Waals surface area (Å²) >= 11 is 1.12. The second kappa shape index (κ2) is 4.56. The van der Waals surface area contributed by atoms with Crippen LogP contribution < -0.4 is 0 Å². The first-order chi connectivity index (χ1) is 9.45. The summed E-state index contributed by atoms with van der Waals surface area (Å²) in [6.07, 6.45) is -5.50. The van der Waals surface area contributed by atoms with Crippen molar-refractivity contribution in [3.63, 3.8) is 0 Å². The number of alkyl halides is 3. The molecule has 0 saturated heterocycles. The van der Waals surface area contributed by atoms with E-state index in [9.17, 15) is 18.0 Å². The molecule has 1 aromatic heterocycles. The van der Waals surface area contributed by atoms with Crippen molar-refractivity contribution in [2.24, 2.45) is 0 Å². The van der Waals surface area contributed by atoms with Crippen molar-refractivity contribution < 1.29 is 18.0 Å². The number of hydrogen-bond acceptors (Lipinski definition) is 3. The highest BCUT2D eigenvalue weighted by Gasteiger charge is 2.38. The van der Waals surface area contributed by atoms with Gasteiger partial charge in [0.2, 0.25) is 5.78 Å². The monoisotopic (exact) mass is 295 g/mol. The maximum Gasteiger partial charge on any atom is 0.450 e. The summed E-state index contributed by atoms with van der Waals surface area (Å²) in [7, 11) is 0. The minimum Gasteiger partial charge on any atom is -0.289 e. The Morgan fingerprint density at radius 2 is 1.90 bits per heavy atom. The number of carbonyl (C=O) groups excluding carboxylic acids is 1. The number of nitrogens with zero attached hydrogens (tertiary/aromatic N) is 1. The largest absolute Gasteiger partial charge is 0.450 e. The van der Waals surface area contributed by atoms with E-state index in [1.807, 2.05) is 36.4 Å². The van der Waals surface area contributed by atoms with Gasteiger partial charge in [0.1, 0.15) is 5.01 Å².